The van der Waals surface area contributed by atoms with Gasteiger partial charge in [-0.1, -0.05) is 26.8 Å². The third-order valence-corrected chi connectivity index (χ3v) is 2.37. The maximum atomic E-state index is 4.48. The topological polar surface area (TPSA) is 25.2 Å². The number of aromatic nitrogens is 1. The van der Waals surface area contributed by atoms with E-state index in [9.17, 15) is 0 Å². The van der Waals surface area contributed by atoms with Gasteiger partial charge in [-0.25, -0.2) is 0 Å². The van der Waals surface area contributed by atoms with Gasteiger partial charge >= 0.3 is 17.1 Å². The van der Waals surface area contributed by atoms with Crippen LogP contribution in [0.15, 0.2) is 29.4 Å². The van der Waals surface area contributed by atoms with Gasteiger partial charge in [0.15, 0.2) is 0 Å². The van der Waals surface area contributed by atoms with Crippen LogP contribution in [0.2, 0.25) is 0 Å². The fourth-order valence-electron chi connectivity index (χ4n) is 0.864. The molecule has 0 bridgehead atoms. The van der Waals surface area contributed by atoms with Gasteiger partial charge in [0.25, 0.3) is 0 Å². The molecule has 1 unspecified atom stereocenters. The molecule has 1 aromatic heterocycles. The van der Waals surface area contributed by atoms with Gasteiger partial charge in [-0.3, -0.25) is 9.98 Å². The van der Waals surface area contributed by atoms with E-state index in [1.807, 2.05) is 24.4 Å². The summed E-state index contributed by atoms with van der Waals surface area (Å²) >= 11 is 0. The predicted molar refractivity (Wildman–Crippen MR) is 73.6 cm³/mol. The van der Waals surface area contributed by atoms with Crippen molar-refractivity contribution in [3.8, 4) is 0 Å². The summed E-state index contributed by atoms with van der Waals surface area (Å²) in [5.41, 5.74) is 1.13. The fourth-order valence-corrected chi connectivity index (χ4v) is 0.864. The molecule has 0 spiro atoms. The average molecular weight is 276 g/mol. The molecule has 0 aromatic carbocycles. The van der Waals surface area contributed by atoms with Crippen molar-refractivity contribution >= 4 is 6.21 Å². The van der Waals surface area contributed by atoms with Crippen LogP contribution in [-0.4, -0.2) is 17.2 Å². The molecule has 0 saturated carbocycles. The molecule has 0 saturated heterocycles. The Hall–Kier alpha value is -0.661. The average Bonchev–Trinajstić information content (AvgIpc) is 2.14. The minimum absolute atomic E-state index is 0. The van der Waals surface area contributed by atoms with Crippen molar-refractivity contribution in [3.63, 3.8) is 0 Å². The first kappa shape index (κ1) is 21.6. The zero-order chi connectivity index (χ0) is 10.6. The smallest absolute Gasteiger partial charge is 0.358 e. The Morgan fingerprint density at radius 1 is 1.24 bits per heavy atom. The van der Waals surface area contributed by atoms with E-state index in [4.69, 9.17) is 0 Å². The van der Waals surface area contributed by atoms with Crippen LogP contribution in [0.3, 0.4) is 0 Å². The van der Waals surface area contributed by atoms with Crippen LogP contribution in [0.5, 0.6) is 0 Å². The van der Waals surface area contributed by atoms with Crippen LogP contribution >= 0.6 is 0 Å². The summed E-state index contributed by atoms with van der Waals surface area (Å²) in [4.78, 5) is 8.66. The minimum atomic E-state index is 0. The molecule has 1 heterocycles. The summed E-state index contributed by atoms with van der Waals surface area (Å²) in [5.74, 6) is 0. The van der Waals surface area contributed by atoms with Gasteiger partial charge in [-0.05, 0) is 24.5 Å². The molecule has 1 rings (SSSR count). The molecular weight excluding hydrogens is 252 g/mol. The van der Waals surface area contributed by atoms with E-state index >= 15 is 0 Å². The molecule has 0 fully saturated rings. The number of hydrogen-bond acceptors (Lipinski definition) is 2. The monoisotopic (exact) mass is 276 g/mol. The Kier molecular flexibility index (Phi) is 11.9. The van der Waals surface area contributed by atoms with Gasteiger partial charge in [-0.2, -0.15) is 0 Å². The summed E-state index contributed by atoms with van der Waals surface area (Å²) in [6, 6.07) is 6.14. The Morgan fingerprint density at radius 2 is 1.82 bits per heavy atom. The standard InChI is InChI=1S/C12H18N2.2CH3.Fe/c1-10(12(2,3)4)14-9-11-7-5-6-8-13-11;;;/h5-10H,1-4H3;2*1H3;/q;2*-1;+2. The molecule has 0 aliphatic carbocycles. The Balaban J connectivity index is -0.000000653. The first-order valence-electron chi connectivity index (χ1n) is 4.94. The van der Waals surface area contributed by atoms with Crippen molar-refractivity contribution in [1.29, 1.82) is 0 Å². The quantitative estimate of drug-likeness (QED) is 0.458. The second-order valence-corrected chi connectivity index (χ2v) is 4.57. The van der Waals surface area contributed by atoms with Gasteiger partial charge in [-0.15, -0.1) is 0 Å². The van der Waals surface area contributed by atoms with Crippen LogP contribution in [-0.2, 0) is 17.1 Å². The molecule has 98 valence electrons. The van der Waals surface area contributed by atoms with E-state index in [1.54, 1.807) is 6.20 Å². The number of hydrogen-bond donors (Lipinski definition) is 0. The van der Waals surface area contributed by atoms with Crippen molar-refractivity contribution < 1.29 is 17.1 Å². The SMILES string of the molecule is CC(N=Cc1ccccn1)C(C)(C)C.[CH3-].[CH3-].[Fe+2]. The molecular formula is C14H24FeN2. The Morgan fingerprint density at radius 3 is 2.24 bits per heavy atom. The van der Waals surface area contributed by atoms with E-state index in [2.05, 4.69) is 37.7 Å². The summed E-state index contributed by atoms with van der Waals surface area (Å²) in [7, 11) is 0. The first-order valence-corrected chi connectivity index (χ1v) is 4.94. The van der Waals surface area contributed by atoms with E-state index in [0.29, 0.717) is 6.04 Å². The molecule has 0 aliphatic heterocycles. The summed E-state index contributed by atoms with van der Waals surface area (Å²) in [6.45, 7) is 8.69. The van der Waals surface area contributed by atoms with Crippen LogP contribution in [0.25, 0.3) is 0 Å². The second-order valence-electron chi connectivity index (χ2n) is 4.57. The van der Waals surface area contributed by atoms with Gasteiger partial charge in [0.1, 0.15) is 0 Å². The number of aliphatic imine (C=N–C) groups is 1. The van der Waals surface area contributed by atoms with Crippen LogP contribution in [0.4, 0.5) is 0 Å². The van der Waals surface area contributed by atoms with Crippen molar-refractivity contribution in [2.45, 2.75) is 33.7 Å². The Labute approximate surface area is 117 Å². The minimum Gasteiger partial charge on any atom is -0.358 e. The van der Waals surface area contributed by atoms with Crippen molar-refractivity contribution in [3.05, 3.63) is 44.9 Å². The van der Waals surface area contributed by atoms with Gasteiger partial charge < -0.3 is 14.9 Å². The van der Waals surface area contributed by atoms with E-state index in [-0.39, 0.29) is 37.3 Å². The molecule has 2 nitrogen and oxygen atoms in total. The second kappa shape index (κ2) is 9.38. The number of rotatable bonds is 2. The van der Waals surface area contributed by atoms with Gasteiger partial charge in [0.2, 0.25) is 0 Å². The maximum absolute atomic E-state index is 4.48. The third-order valence-electron chi connectivity index (χ3n) is 2.37. The number of nitrogens with zero attached hydrogens (tertiary/aromatic N) is 2. The fraction of sp³-hybridized carbons (Fsp3) is 0.429. The molecule has 0 aliphatic rings. The zero-order valence-corrected chi connectivity index (χ0v) is 12.8. The molecule has 17 heavy (non-hydrogen) atoms. The summed E-state index contributed by atoms with van der Waals surface area (Å²) in [5, 5.41) is 0. The molecule has 0 radical (unpaired) electrons. The molecule has 1 aromatic rings. The molecule has 3 heteroatoms. The Bertz CT molecular complexity index is 302. The van der Waals surface area contributed by atoms with Crippen LogP contribution < -0.4 is 0 Å². The predicted octanol–water partition coefficient (Wildman–Crippen LogP) is 3.83. The van der Waals surface area contributed by atoms with Gasteiger partial charge in [0.05, 0.1) is 11.7 Å². The van der Waals surface area contributed by atoms with Crippen LogP contribution in [0.1, 0.15) is 33.4 Å². The third kappa shape index (κ3) is 8.12. The largest absolute Gasteiger partial charge is 2.00 e. The summed E-state index contributed by atoms with van der Waals surface area (Å²) in [6.07, 6.45) is 3.62. The van der Waals surface area contributed by atoms with E-state index in [0.717, 1.165) is 5.69 Å². The van der Waals surface area contributed by atoms with Crippen molar-refractivity contribution in [2.24, 2.45) is 10.4 Å². The van der Waals surface area contributed by atoms with E-state index in [1.165, 1.54) is 0 Å². The molecule has 0 N–H and O–H groups in total. The number of pyridine rings is 1. The first-order chi connectivity index (χ1) is 6.50. The van der Waals surface area contributed by atoms with E-state index < -0.39 is 0 Å². The maximum Gasteiger partial charge on any atom is 2.00 e. The molecule has 0 amide bonds. The van der Waals surface area contributed by atoms with Crippen LogP contribution in [0, 0.1) is 20.3 Å². The molecule has 1 atom stereocenters. The summed E-state index contributed by atoms with van der Waals surface area (Å²) < 4.78 is 0. The normalized spacial score (nSPS) is 12.0. The van der Waals surface area contributed by atoms with Crippen molar-refractivity contribution in [1.82, 2.24) is 4.98 Å². The zero-order valence-electron chi connectivity index (χ0n) is 11.7. The van der Waals surface area contributed by atoms with Crippen molar-refractivity contribution in [2.75, 3.05) is 0 Å². The van der Waals surface area contributed by atoms with Gasteiger partial charge in [0, 0.05) is 12.4 Å².